The zero-order chi connectivity index (χ0) is 16.6. The van der Waals surface area contributed by atoms with Crippen LogP contribution in [0.1, 0.15) is 44.0 Å². The second-order valence-electron chi connectivity index (χ2n) is 5.78. The van der Waals surface area contributed by atoms with Crippen LogP contribution in [-0.4, -0.2) is 29.0 Å². The third kappa shape index (κ3) is 3.20. The quantitative estimate of drug-likeness (QED) is 0.859. The van der Waals surface area contributed by atoms with Crippen molar-refractivity contribution < 1.29 is 8.42 Å². The fourth-order valence-corrected chi connectivity index (χ4v) is 5.37. The van der Waals surface area contributed by atoms with Crippen molar-refractivity contribution in [1.29, 1.82) is 0 Å². The summed E-state index contributed by atoms with van der Waals surface area (Å²) < 4.78 is 28.1. The van der Waals surface area contributed by atoms with Crippen LogP contribution in [0.3, 0.4) is 0 Å². The largest absolute Gasteiger partial charge is 0.282 e. The Kier molecular flexibility index (Phi) is 5.96. The van der Waals surface area contributed by atoms with E-state index in [2.05, 4.69) is 10.2 Å². The smallest absolute Gasteiger partial charge is 0.243 e. The highest BCUT2D eigenvalue weighted by Gasteiger charge is 2.41. The lowest BCUT2D eigenvalue weighted by atomic mass is 9.93. The number of aromatic amines is 1. The average molecular weight is 390 g/mol. The van der Waals surface area contributed by atoms with Crippen LogP contribution in [0, 0.1) is 0 Å². The van der Waals surface area contributed by atoms with Crippen molar-refractivity contribution in [2.75, 3.05) is 0 Å². The van der Waals surface area contributed by atoms with Gasteiger partial charge in [0.1, 0.15) is 0 Å². The lowest BCUT2D eigenvalue weighted by Crippen LogP contribution is -2.46. The molecule has 1 aromatic heterocycles. The van der Waals surface area contributed by atoms with Crippen molar-refractivity contribution in [2.45, 2.75) is 50.1 Å². The van der Waals surface area contributed by atoms with E-state index in [-0.39, 0.29) is 29.4 Å². The van der Waals surface area contributed by atoms with Gasteiger partial charge in [0.25, 0.3) is 0 Å². The molecule has 132 valence electrons. The Morgan fingerprint density at radius 3 is 2.50 bits per heavy atom. The summed E-state index contributed by atoms with van der Waals surface area (Å²) >= 11 is 5.89. The van der Waals surface area contributed by atoms with Crippen molar-refractivity contribution in [3.05, 3.63) is 46.7 Å². The van der Waals surface area contributed by atoms with Crippen molar-refractivity contribution in [1.82, 2.24) is 14.5 Å². The number of nitrogens with zero attached hydrogens (tertiary/aromatic N) is 2. The molecule has 0 radical (unpaired) electrons. The molecule has 0 saturated carbocycles. The summed E-state index contributed by atoms with van der Waals surface area (Å²) in [7, 11) is -3.59. The molecule has 0 amide bonds. The van der Waals surface area contributed by atoms with E-state index < -0.39 is 10.0 Å². The molecule has 24 heavy (non-hydrogen) atoms. The van der Waals surface area contributed by atoms with Crippen molar-refractivity contribution >= 4 is 34.0 Å². The second kappa shape index (κ2) is 7.44. The molecule has 2 aromatic rings. The maximum Gasteiger partial charge on any atom is 0.243 e. The molecule has 0 spiro atoms. The van der Waals surface area contributed by atoms with Gasteiger partial charge in [-0.3, -0.25) is 5.10 Å². The van der Waals surface area contributed by atoms with Gasteiger partial charge in [-0.25, -0.2) is 8.42 Å². The van der Waals surface area contributed by atoms with Crippen molar-refractivity contribution in [2.24, 2.45) is 0 Å². The van der Waals surface area contributed by atoms with Gasteiger partial charge in [-0.05, 0) is 37.1 Å². The molecule has 1 aromatic carbocycles. The maximum absolute atomic E-state index is 13.2. The number of hydrogen-bond acceptors (Lipinski definition) is 3. The molecular formula is C16H21Cl2N3O2S. The van der Waals surface area contributed by atoms with Crippen LogP contribution in [0.25, 0.3) is 0 Å². The zero-order valence-electron chi connectivity index (χ0n) is 13.6. The minimum absolute atomic E-state index is 0. The third-order valence-electron chi connectivity index (χ3n) is 4.46. The van der Waals surface area contributed by atoms with E-state index in [1.165, 1.54) is 0 Å². The lowest BCUT2D eigenvalue weighted by Gasteiger charge is -2.40. The number of hydrogen-bond donors (Lipinski definition) is 1. The standard InChI is InChI=1S/C16H20ClN3O2S.ClH/c1-3-12-9-15-14(10-18-19-15)16(4-2)20(12)23(21,22)13-7-5-11(17)6-8-13;/h5-8,10,12,16H,3-4,9H2,1-2H3,(H,18,19);1H/t12-,16+;/m0./s1. The first-order valence-electron chi connectivity index (χ1n) is 7.80. The van der Waals surface area contributed by atoms with Gasteiger partial charge >= 0.3 is 0 Å². The van der Waals surface area contributed by atoms with Gasteiger partial charge in [-0.2, -0.15) is 9.40 Å². The molecule has 2 heterocycles. The van der Waals surface area contributed by atoms with Gasteiger partial charge < -0.3 is 0 Å². The predicted molar refractivity (Wildman–Crippen MR) is 97.1 cm³/mol. The topological polar surface area (TPSA) is 66.1 Å². The van der Waals surface area contributed by atoms with E-state index in [4.69, 9.17) is 11.6 Å². The molecular weight excluding hydrogens is 369 g/mol. The summed E-state index contributed by atoms with van der Waals surface area (Å²) in [6.45, 7) is 4.02. The predicted octanol–water partition coefficient (Wildman–Crippen LogP) is 3.96. The Balaban J connectivity index is 0.00000208. The lowest BCUT2D eigenvalue weighted by molar-refractivity contribution is 0.217. The number of halogens is 2. The Bertz CT molecular complexity index is 790. The number of H-pyrrole nitrogens is 1. The van der Waals surface area contributed by atoms with Crippen LogP contribution in [0.4, 0.5) is 0 Å². The SMILES string of the molecule is CC[C@H]1Cc2[nH]ncc2[C@@H](CC)N1S(=O)(=O)c1ccc(Cl)cc1.Cl. The van der Waals surface area contributed by atoms with E-state index in [0.717, 1.165) is 17.7 Å². The van der Waals surface area contributed by atoms with Crippen LogP contribution >= 0.6 is 24.0 Å². The first-order chi connectivity index (χ1) is 11.0. The van der Waals surface area contributed by atoms with Crippen LogP contribution in [0.2, 0.25) is 5.02 Å². The molecule has 5 nitrogen and oxygen atoms in total. The van der Waals surface area contributed by atoms with Crippen LogP contribution in [0.5, 0.6) is 0 Å². The Morgan fingerprint density at radius 2 is 1.92 bits per heavy atom. The van der Waals surface area contributed by atoms with Gasteiger partial charge in [-0.1, -0.05) is 25.4 Å². The van der Waals surface area contributed by atoms with E-state index in [0.29, 0.717) is 17.9 Å². The number of fused-ring (bicyclic) bond motifs is 1. The van der Waals surface area contributed by atoms with Gasteiger partial charge in [0.15, 0.2) is 0 Å². The second-order valence-corrected chi connectivity index (χ2v) is 8.06. The summed E-state index contributed by atoms with van der Waals surface area (Å²) in [5.74, 6) is 0. The molecule has 8 heteroatoms. The third-order valence-corrected chi connectivity index (χ3v) is 6.69. The van der Waals surface area contributed by atoms with Crippen LogP contribution in [-0.2, 0) is 16.4 Å². The van der Waals surface area contributed by atoms with Gasteiger partial charge in [0, 0.05) is 28.7 Å². The molecule has 3 rings (SSSR count). The van der Waals surface area contributed by atoms with Crippen LogP contribution in [0.15, 0.2) is 35.4 Å². The molecule has 0 fully saturated rings. The molecule has 1 aliphatic rings. The van der Waals surface area contributed by atoms with Crippen molar-refractivity contribution in [3.8, 4) is 0 Å². The number of rotatable bonds is 4. The Hall–Kier alpha value is -1.08. The number of aromatic nitrogens is 2. The van der Waals surface area contributed by atoms with E-state index in [9.17, 15) is 8.42 Å². The first kappa shape index (κ1) is 19.2. The highest BCUT2D eigenvalue weighted by atomic mass is 35.5. The maximum atomic E-state index is 13.2. The van der Waals surface area contributed by atoms with Crippen LogP contribution < -0.4 is 0 Å². The fraction of sp³-hybridized carbons (Fsp3) is 0.438. The molecule has 0 saturated heterocycles. The highest BCUT2D eigenvalue weighted by Crippen LogP contribution is 2.39. The molecule has 0 bridgehead atoms. The number of nitrogens with one attached hydrogen (secondary N) is 1. The van der Waals surface area contributed by atoms with Gasteiger partial charge in [0.2, 0.25) is 10.0 Å². The first-order valence-corrected chi connectivity index (χ1v) is 9.62. The minimum atomic E-state index is -3.59. The average Bonchev–Trinajstić information content (AvgIpc) is 3.01. The van der Waals surface area contributed by atoms with Gasteiger partial charge in [-0.15, -0.1) is 12.4 Å². The van der Waals surface area contributed by atoms with E-state index >= 15 is 0 Å². The minimum Gasteiger partial charge on any atom is -0.282 e. The Labute approximate surface area is 153 Å². The number of sulfonamides is 1. The monoisotopic (exact) mass is 389 g/mol. The Morgan fingerprint density at radius 1 is 1.25 bits per heavy atom. The van der Waals surface area contributed by atoms with E-state index in [1.807, 2.05) is 13.8 Å². The molecule has 0 unspecified atom stereocenters. The fourth-order valence-electron chi connectivity index (χ4n) is 3.31. The molecule has 1 aliphatic heterocycles. The highest BCUT2D eigenvalue weighted by molar-refractivity contribution is 7.89. The molecule has 1 N–H and O–H groups in total. The zero-order valence-corrected chi connectivity index (χ0v) is 16.0. The van der Waals surface area contributed by atoms with Gasteiger partial charge in [0.05, 0.1) is 17.1 Å². The van der Waals surface area contributed by atoms with E-state index in [1.54, 1.807) is 34.8 Å². The summed E-state index contributed by atoms with van der Waals surface area (Å²) in [5.41, 5.74) is 2.03. The summed E-state index contributed by atoms with van der Waals surface area (Å²) in [6, 6.07) is 6.11. The summed E-state index contributed by atoms with van der Waals surface area (Å²) in [5, 5.41) is 7.65. The molecule has 0 aliphatic carbocycles. The van der Waals surface area contributed by atoms with Crippen molar-refractivity contribution in [3.63, 3.8) is 0 Å². The molecule has 2 atom stereocenters. The normalized spacial score (nSPS) is 21.1. The number of benzene rings is 1. The summed E-state index contributed by atoms with van der Waals surface area (Å²) in [6.07, 6.45) is 3.87. The summed E-state index contributed by atoms with van der Waals surface area (Å²) in [4.78, 5) is 0.283.